The van der Waals surface area contributed by atoms with Crippen LogP contribution in [-0.2, 0) is 4.79 Å². The first-order chi connectivity index (χ1) is 22.7. The Balaban J connectivity index is 1.04. The van der Waals surface area contributed by atoms with Gasteiger partial charge in [0.05, 0.1) is 6.10 Å². The molecule has 2 nitrogen and oxygen atoms in total. The molecule has 4 aliphatic carbocycles. The van der Waals surface area contributed by atoms with E-state index in [2.05, 4.69) is 52.8 Å². The van der Waals surface area contributed by atoms with Crippen LogP contribution in [0.5, 0.6) is 0 Å². The van der Waals surface area contributed by atoms with E-state index in [1.165, 1.54) is 135 Å². The van der Waals surface area contributed by atoms with Gasteiger partial charge in [0.2, 0.25) is 0 Å². The van der Waals surface area contributed by atoms with Gasteiger partial charge >= 0.3 is 0 Å². The molecule has 0 saturated heterocycles. The summed E-state index contributed by atoms with van der Waals surface area (Å²) in [5.74, 6) is 5.32. The van der Waals surface area contributed by atoms with Crippen molar-refractivity contribution in [3.63, 3.8) is 0 Å². The fourth-order valence-corrected chi connectivity index (χ4v) is 11.6. The Labute approximate surface area is 292 Å². The van der Waals surface area contributed by atoms with E-state index in [1.807, 2.05) is 0 Å². The Morgan fingerprint density at radius 1 is 0.830 bits per heavy atom. The summed E-state index contributed by atoms with van der Waals surface area (Å²) in [5, 5.41) is 10.3. The lowest BCUT2D eigenvalue weighted by molar-refractivity contribution is -0.120. The molecule has 0 heterocycles. The van der Waals surface area contributed by atoms with Crippen LogP contribution in [-0.4, -0.2) is 17.0 Å². The first-order valence-electron chi connectivity index (χ1n) is 21.2. The van der Waals surface area contributed by atoms with Crippen LogP contribution < -0.4 is 0 Å². The van der Waals surface area contributed by atoms with Crippen molar-refractivity contribution in [1.29, 1.82) is 0 Å². The van der Waals surface area contributed by atoms with E-state index in [0.717, 1.165) is 61.7 Å². The van der Waals surface area contributed by atoms with Gasteiger partial charge in [0.25, 0.3) is 0 Å². The van der Waals surface area contributed by atoms with E-state index in [9.17, 15) is 9.90 Å². The first-order valence-corrected chi connectivity index (χ1v) is 21.2. The molecule has 0 bridgehead atoms. The second-order valence-electron chi connectivity index (χ2n) is 18.0. The minimum atomic E-state index is -0.103. The van der Waals surface area contributed by atoms with Crippen molar-refractivity contribution in [2.45, 2.75) is 208 Å². The molecule has 1 unspecified atom stereocenters. The van der Waals surface area contributed by atoms with Crippen molar-refractivity contribution in [2.75, 3.05) is 0 Å². The van der Waals surface area contributed by atoms with E-state index in [0.29, 0.717) is 22.5 Å². The van der Waals surface area contributed by atoms with E-state index < -0.39 is 0 Å². The van der Waals surface area contributed by atoms with Crippen LogP contribution in [0.15, 0.2) is 23.8 Å². The normalized spacial score (nSPS) is 33.2. The van der Waals surface area contributed by atoms with Gasteiger partial charge in [0.15, 0.2) is 0 Å². The monoisotopic (exact) mass is 651 g/mol. The average molecular weight is 651 g/mol. The molecule has 47 heavy (non-hydrogen) atoms. The molecule has 3 fully saturated rings. The van der Waals surface area contributed by atoms with Crippen LogP contribution >= 0.6 is 0 Å². The molecule has 9 atom stereocenters. The SMILES string of the molecule is CCCCCCCC/C=C\CCCCCCCC(=O)CC(C)CCC[C@@H](C)[C@H]1CC[C@H]2[C@@H]3CC=C4C[C@@H](O)CC[C@]4(C)[C@H]3CC[C@]12C. The second kappa shape index (κ2) is 19.5. The molecule has 3 saturated carbocycles. The summed E-state index contributed by atoms with van der Waals surface area (Å²) in [7, 11) is 0. The number of hydrogen-bond donors (Lipinski definition) is 1. The maximum absolute atomic E-state index is 12.7. The minimum Gasteiger partial charge on any atom is -0.393 e. The van der Waals surface area contributed by atoms with Crippen LogP contribution in [0, 0.1) is 46.3 Å². The summed E-state index contributed by atoms with van der Waals surface area (Å²) in [6, 6.07) is 0. The van der Waals surface area contributed by atoms with Crippen LogP contribution in [0.4, 0.5) is 0 Å². The van der Waals surface area contributed by atoms with Crippen molar-refractivity contribution in [3.05, 3.63) is 23.8 Å². The number of aliphatic hydroxyl groups is 1. The predicted octanol–water partition coefficient (Wildman–Crippen LogP) is 13.4. The summed E-state index contributed by atoms with van der Waals surface area (Å²) in [4.78, 5) is 12.7. The fraction of sp³-hybridized carbons (Fsp3) is 0.889. The number of hydrogen-bond acceptors (Lipinski definition) is 2. The maximum Gasteiger partial charge on any atom is 0.133 e. The van der Waals surface area contributed by atoms with Crippen LogP contribution in [0.3, 0.4) is 0 Å². The summed E-state index contributed by atoms with van der Waals surface area (Å²) in [5.41, 5.74) is 2.47. The Hall–Kier alpha value is -0.890. The lowest BCUT2D eigenvalue weighted by Crippen LogP contribution is -2.50. The Morgan fingerprint density at radius 2 is 1.51 bits per heavy atom. The third-order valence-corrected chi connectivity index (χ3v) is 14.5. The number of allylic oxidation sites excluding steroid dienone is 3. The maximum atomic E-state index is 12.7. The molecule has 4 rings (SSSR count). The number of carbonyl (C=O) groups is 1. The Morgan fingerprint density at radius 3 is 2.23 bits per heavy atom. The number of aliphatic hydroxyl groups excluding tert-OH is 1. The molecule has 0 amide bonds. The highest BCUT2D eigenvalue weighted by atomic mass is 16.3. The van der Waals surface area contributed by atoms with E-state index in [4.69, 9.17) is 0 Å². The Bertz CT molecular complexity index is 978. The van der Waals surface area contributed by atoms with Crippen LogP contribution in [0.25, 0.3) is 0 Å². The van der Waals surface area contributed by atoms with E-state index in [1.54, 1.807) is 5.57 Å². The van der Waals surface area contributed by atoms with Crippen molar-refractivity contribution >= 4 is 5.78 Å². The zero-order chi connectivity index (χ0) is 33.7. The van der Waals surface area contributed by atoms with Gasteiger partial charge in [-0.25, -0.2) is 0 Å². The molecule has 2 heteroatoms. The van der Waals surface area contributed by atoms with Crippen molar-refractivity contribution in [2.24, 2.45) is 46.3 Å². The van der Waals surface area contributed by atoms with Gasteiger partial charge in [-0.3, -0.25) is 4.79 Å². The van der Waals surface area contributed by atoms with E-state index in [-0.39, 0.29) is 6.10 Å². The first kappa shape index (κ1) is 38.9. The summed E-state index contributed by atoms with van der Waals surface area (Å²) in [6.07, 6.45) is 39.9. The van der Waals surface area contributed by atoms with Gasteiger partial charge in [-0.1, -0.05) is 129 Å². The highest BCUT2D eigenvalue weighted by Gasteiger charge is 2.59. The fourth-order valence-electron chi connectivity index (χ4n) is 11.6. The van der Waals surface area contributed by atoms with Gasteiger partial charge in [0, 0.05) is 12.8 Å². The number of rotatable bonds is 22. The molecule has 0 aromatic rings. The average Bonchev–Trinajstić information content (AvgIpc) is 3.40. The molecule has 0 aromatic carbocycles. The van der Waals surface area contributed by atoms with Crippen molar-refractivity contribution < 1.29 is 9.90 Å². The van der Waals surface area contributed by atoms with Gasteiger partial charge in [-0.15, -0.1) is 0 Å². The summed E-state index contributed by atoms with van der Waals surface area (Å²) < 4.78 is 0. The highest BCUT2D eigenvalue weighted by Crippen LogP contribution is 2.67. The van der Waals surface area contributed by atoms with Gasteiger partial charge < -0.3 is 5.11 Å². The zero-order valence-corrected chi connectivity index (χ0v) is 32.0. The Kier molecular flexibility index (Phi) is 16.1. The highest BCUT2D eigenvalue weighted by molar-refractivity contribution is 5.78. The number of Topliss-reactive ketones (excluding diaryl/α,β-unsaturated/α-hetero) is 1. The quantitative estimate of drug-likeness (QED) is 0.0935. The van der Waals surface area contributed by atoms with Crippen molar-refractivity contribution in [1.82, 2.24) is 0 Å². The molecule has 270 valence electrons. The number of carbonyl (C=O) groups excluding carboxylic acids is 1. The van der Waals surface area contributed by atoms with Crippen LogP contribution in [0.2, 0.25) is 0 Å². The lowest BCUT2D eigenvalue weighted by atomic mass is 9.47. The minimum absolute atomic E-state index is 0.103. The van der Waals surface area contributed by atoms with Gasteiger partial charge in [-0.2, -0.15) is 0 Å². The van der Waals surface area contributed by atoms with Gasteiger partial charge in [-0.05, 0) is 130 Å². The largest absolute Gasteiger partial charge is 0.393 e. The third kappa shape index (κ3) is 10.8. The lowest BCUT2D eigenvalue weighted by Gasteiger charge is -2.58. The molecular weight excluding hydrogens is 572 g/mol. The molecule has 0 radical (unpaired) electrons. The topological polar surface area (TPSA) is 37.3 Å². The van der Waals surface area contributed by atoms with E-state index >= 15 is 0 Å². The summed E-state index contributed by atoms with van der Waals surface area (Å²) in [6.45, 7) is 12.4. The molecular formula is C45H78O2. The smallest absolute Gasteiger partial charge is 0.133 e. The standard InChI is InChI=1S/C45H78O2/c1-6-7-8-9-10-11-12-13-14-15-16-17-18-19-20-24-38(46)33-35(2)22-21-23-36(3)41-27-28-42-40-26-25-37-34-39(47)29-31-44(37,4)43(40)30-32-45(41,42)5/h13-14,25,35-36,39-43,47H,6-12,15-24,26-34H2,1-5H3/b14-13-/t35?,36-,39+,40+,41-,42+,43+,44+,45-/m1/s1. The molecule has 1 N–H and O–H groups in total. The summed E-state index contributed by atoms with van der Waals surface area (Å²) >= 11 is 0. The number of unbranched alkanes of at least 4 members (excludes halogenated alkanes) is 11. The second-order valence-corrected chi connectivity index (χ2v) is 18.0. The predicted molar refractivity (Wildman–Crippen MR) is 202 cm³/mol. The molecule has 0 spiro atoms. The van der Waals surface area contributed by atoms with Gasteiger partial charge in [0.1, 0.15) is 5.78 Å². The molecule has 0 aliphatic heterocycles. The van der Waals surface area contributed by atoms with Crippen molar-refractivity contribution in [3.8, 4) is 0 Å². The zero-order valence-electron chi connectivity index (χ0n) is 32.0. The van der Waals surface area contributed by atoms with Crippen LogP contribution in [0.1, 0.15) is 202 Å². The molecule has 0 aromatic heterocycles. The number of fused-ring (bicyclic) bond motifs is 5. The third-order valence-electron chi connectivity index (χ3n) is 14.5. The molecule has 4 aliphatic rings. The number of ketones is 1.